The molecule has 0 spiro atoms. The van der Waals surface area contributed by atoms with Crippen molar-refractivity contribution in [2.24, 2.45) is 5.16 Å². The van der Waals surface area contributed by atoms with E-state index in [4.69, 9.17) is 5.21 Å². The zero-order valence-electron chi connectivity index (χ0n) is 8.02. The second kappa shape index (κ2) is 5.12. The Morgan fingerprint density at radius 1 is 1.19 bits per heavy atom. The van der Waals surface area contributed by atoms with Gasteiger partial charge in [0.2, 0.25) is 0 Å². The molecule has 0 aliphatic carbocycles. The van der Waals surface area contributed by atoms with Gasteiger partial charge in [-0.15, -0.1) is 11.3 Å². The molecule has 82 valence electrons. The van der Waals surface area contributed by atoms with Crippen LogP contribution in [0.4, 0.5) is 0 Å². The Labute approximate surface area is 114 Å². The molecule has 0 unspecified atom stereocenters. The second-order valence-electron chi connectivity index (χ2n) is 3.10. The van der Waals surface area contributed by atoms with Crippen LogP contribution in [0.5, 0.6) is 0 Å². The summed E-state index contributed by atoms with van der Waals surface area (Å²) in [4.78, 5) is 0. The van der Waals surface area contributed by atoms with Crippen LogP contribution in [0.2, 0.25) is 0 Å². The average molecular weight is 361 g/mol. The second-order valence-corrected chi connectivity index (χ2v) is 6.85. The maximum absolute atomic E-state index is 8.41. The molecule has 5 heteroatoms. The molecule has 0 saturated heterocycles. The van der Waals surface area contributed by atoms with Crippen LogP contribution in [0.3, 0.4) is 0 Å². The van der Waals surface area contributed by atoms with E-state index in [1.165, 1.54) is 6.21 Å². The van der Waals surface area contributed by atoms with Gasteiger partial charge in [-0.3, -0.25) is 0 Å². The molecule has 2 rings (SSSR count). The smallest absolute Gasteiger partial charge is 0.0788 e. The number of halogens is 2. The zero-order chi connectivity index (χ0) is 11.5. The summed E-state index contributed by atoms with van der Waals surface area (Å²) >= 11 is 8.62. The van der Waals surface area contributed by atoms with E-state index in [2.05, 4.69) is 43.1 Å². The van der Waals surface area contributed by atoms with Crippen molar-refractivity contribution in [3.05, 3.63) is 43.5 Å². The van der Waals surface area contributed by atoms with Gasteiger partial charge in [0.15, 0.2) is 0 Å². The van der Waals surface area contributed by atoms with Gasteiger partial charge in [0.25, 0.3) is 0 Å². The van der Waals surface area contributed by atoms with E-state index in [1.54, 1.807) is 11.3 Å². The van der Waals surface area contributed by atoms with Crippen LogP contribution < -0.4 is 0 Å². The number of thiophene rings is 1. The molecule has 1 heterocycles. The SMILES string of the molecule is O/N=C/c1ccc(-c2cc(Br)sc2Br)cc1. The molecular formula is C11H7Br2NOS. The third-order valence-electron chi connectivity index (χ3n) is 2.09. The number of benzene rings is 1. The van der Waals surface area contributed by atoms with Crippen molar-refractivity contribution in [2.45, 2.75) is 0 Å². The zero-order valence-corrected chi connectivity index (χ0v) is 12.0. The van der Waals surface area contributed by atoms with Crippen molar-refractivity contribution in [1.29, 1.82) is 0 Å². The van der Waals surface area contributed by atoms with Gasteiger partial charge >= 0.3 is 0 Å². The molecule has 0 fully saturated rings. The van der Waals surface area contributed by atoms with Crippen molar-refractivity contribution in [3.8, 4) is 11.1 Å². The summed E-state index contributed by atoms with van der Waals surface area (Å²) in [7, 11) is 0. The molecule has 1 aromatic carbocycles. The molecule has 1 N–H and O–H groups in total. The van der Waals surface area contributed by atoms with Crippen LogP contribution in [0.15, 0.2) is 43.1 Å². The maximum Gasteiger partial charge on any atom is 0.0788 e. The summed E-state index contributed by atoms with van der Waals surface area (Å²) in [6.07, 6.45) is 1.41. The first-order valence-corrected chi connectivity index (χ1v) is 6.83. The Bertz CT molecular complexity index is 519. The number of nitrogens with zero attached hydrogens (tertiary/aromatic N) is 1. The Morgan fingerprint density at radius 2 is 1.88 bits per heavy atom. The first-order valence-electron chi connectivity index (χ1n) is 4.43. The summed E-state index contributed by atoms with van der Waals surface area (Å²) in [5.41, 5.74) is 3.16. The van der Waals surface area contributed by atoms with Crippen LogP contribution in [0, 0.1) is 0 Å². The molecule has 2 aromatic rings. The normalized spacial score (nSPS) is 11.1. The first-order chi connectivity index (χ1) is 7.70. The largest absolute Gasteiger partial charge is 0.411 e. The van der Waals surface area contributed by atoms with Crippen molar-refractivity contribution < 1.29 is 5.21 Å². The van der Waals surface area contributed by atoms with Gasteiger partial charge in [0, 0.05) is 5.56 Å². The van der Waals surface area contributed by atoms with Gasteiger partial charge in [0.1, 0.15) is 0 Å². The van der Waals surface area contributed by atoms with E-state index in [1.807, 2.05) is 24.3 Å². The minimum atomic E-state index is 0.872. The highest BCUT2D eigenvalue weighted by Crippen LogP contribution is 2.38. The molecule has 16 heavy (non-hydrogen) atoms. The van der Waals surface area contributed by atoms with E-state index in [9.17, 15) is 0 Å². The number of rotatable bonds is 2. The standard InChI is InChI=1S/C11H7Br2NOS/c12-10-5-9(11(13)16-10)8-3-1-7(2-4-8)6-14-15/h1-6,15H/b14-6+. The van der Waals surface area contributed by atoms with Crippen LogP contribution in [0.1, 0.15) is 5.56 Å². The Hall–Kier alpha value is -0.650. The minimum absolute atomic E-state index is 0.872. The Kier molecular flexibility index (Phi) is 3.78. The number of hydrogen-bond acceptors (Lipinski definition) is 3. The van der Waals surface area contributed by atoms with Gasteiger partial charge < -0.3 is 5.21 Å². The van der Waals surface area contributed by atoms with Crippen LogP contribution in [0.25, 0.3) is 11.1 Å². The predicted molar refractivity (Wildman–Crippen MR) is 74.5 cm³/mol. The summed E-state index contributed by atoms with van der Waals surface area (Å²) < 4.78 is 2.19. The summed E-state index contributed by atoms with van der Waals surface area (Å²) in [6.45, 7) is 0. The molecule has 0 atom stereocenters. The topological polar surface area (TPSA) is 32.6 Å². The van der Waals surface area contributed by atoms with Crippen molar-refractivity contribution >= 4 is 49.4 Å². The molecule has 0 bridgehead atoms. The molecule has 1 aromatic heterocycles. The van der Waals surface area contributed by atoms with Crippen LogP contribution in [-0.4, -0.2) is 11.4 Å². The summed E-state index contributed by atoms with van der Waals surface area (Å²) in [6, 6.07) is 9.89. The average Bonchev–Trinajstić information content (AvgIpc) is 2.59. The summed E-state index contributed by atoms with van der Waals surface area (Å²) in [5, 5.41) is 11.4. The van der Waals surface area contributed by atoms with Crippen molar-refractivity contribution in [3.63, 3.8) is 0 Å². The molecular weight excluding hydrogens is 354 g/mol. The lowest BCUT2D eigenvalue weighted by molar-refractivity contribution is 0.322. The predicted octanol–water partition coefficient (Wildman–Crippen LogP) is 4.75. The summed E-state index contributed by atoms with van der Waals surface area (Å²) in [5.74, 6) is 0. The molecule has 0 radical (unpaired) electrons. The van der Waals surface area contributed by atoms with E-state index in [0.717, 1.165) is 24.3 Å². The van der Waals surface area contributed by atoms with E-state index in [-0.39, 0.29) is 0 Å². The van der Waals surface area contributed by atoms with Crippen LogP contribution in [-0.2, 0) is 0 Å². The van der Waals surface area contributed by atoms with E-state index >= 15 is 0 Å². The van der Waals surface area contributed by atoms with E-state index in [0.29, 0.717) is 0 Å². The Morgan fingerprint density at radius 3 is 2.38 bits per heavy atom. The Balaban J connectivity index is 2.38. The molecule has 0 amide bonds. The van der Waals surface area contributed by atoms with E-state index < -0.39 is 0 Å². The van der Waals surface area contributed by atoms with Crippen molar-refractivity contribution in [2.75, 3.05) is 0 Å². The van der Waals surface area contributed by atoms with Gasteiger partial charge in [-0.05, 0) is 49.1 Å². The third kappa shape index (κ3) is 2.53. The quantitative estimate of drug-likeness (QED) is 0.468. The highest BCUT2D eigenvalue weighted by atomic mass is 79.9. The number of hydrogen-bond donors (Lipinski definition) is 1. The minimum Gasteiger partial charge on any atom is -0.411 e. The van der Waals surface area contributed by atoms with Gasteiger partial charge in [-0.25, -0.2) is 0 Å². The fraction of sp³-hybridized carbons (Fsp3) is 0. The first kappa shape index (κ1) is 11.8. The van der Waals surface area contributed by atoms with Gasteiger partial charge in [-0.2, -0.15) is 0 Å². The monoisotopic (exact) mass is 359 g/mol. The molecule has 0 aliphatic heterocycles. The van der Waals surface area contributed by atoms with Crippen molar-refractivity contribution in [1.82, 2.24) is 0 Å². The fourth-order valence-corrected chi connectivity index (χ4v) is 4.22. The highest BCUT2D eigenvalue weighted by Gasteiger charge is 2.07. The fourth-order valence-electron chi connectivity index (χ4n) is 1.35. The molecule has 0 aliphatic rings. The van der Waals surface area contributed by atoms with Crippen LogP contribution >= 0.6 is 43.2 Å². The molecule has 2 nitrogen and oxygen atoms in total. The lowest BCUT2D eigenvalue weighted by atomic mass is 10.1. The van der Waals surface area contributed by atoms with Gasteiger partial charge in [0.05, 0.1) is 13.8 Å². The number of oxime groups is 1. The third-order valence-corrected chi connectivity index (χ3v) is 4.42. The lowest BCUT2D eigenvalue weighted by Gasteiger charge is -1.99. The molecule has 0 saturated carbocycles. The lowest BCUT2D eigenvalue weighted by Crippen LogP contribution is -1.81. The maximum atomic E-state index is 8.41. The highest BCUT2D eigenvalue weighted by molar-refractivity contribution is 9.12. The van der Waals surface area contributed by atoms with Gasteiger partial charge in [-0.1, -0.05) is 29.4 Å².